The fraction of sp³-hybridized carbons (Fsp3) is 0.286. The number of hydrogen-bond acceptors (Lipinski definition) is 3. The molecule has 1 amide bonds. The van der Waals surface area contributed by atoms with Crippen LogP contribution < -0.4 is 10.6 Å². The van der Waals surface area contributed by atoms with E-state index in [2.05, 4.69) is 27.9 Å². The number of nitrogens with one attached hydrogen (secondary N) is 2. The van der Waals surface area contributed by atoms with E-state index in [9.17, 15) is 4.79 Å². The van der Waals surface area contributed by atoms with Crippen LogP contribution in [0.25, 0.3) is 0 Å². The maximum absolute atomic E-state index is 10.9. The fourth-order valence-electron chi connectivity index (χ4n) is 1.75. The van der Waals surface area contributed by atoms with Crippen molar-refractivity contribution >= 4 is 23.3 Å². The molecule has 5 nitrogen and oxygen atoms in total. The number of anilines is 1. The maximum atomic E-state index is 10.9. The Labute approximate surface area is 122 Å². The van der Waals surface area contributed by atoms with Gasteiger partial charge in [0.15, 0.2) is 0 Å². The number of aromatic nitrogens is 2. The van der Waals surface area contributed by atoms with Crippen molar-refractivity contribution in [1.29, 1.82) is 0 Å². The summed E-state index contributed by atoms with van der Waals surface area (Å²) in [6, 6.07) is 12.1. The van der Waals surface area contributed by atoms with Gasteiger partial charge in [-0.15, -0.1) is 11.6 Å². The Balaban J connectivity index is 1.76. The summed E-state index contributed by atoms with van der Waals surface area (Å²) >= 11 is 5.38. The first-order valence-electron chi connectivity index (χ1n) is 6.42. The van der Waals surface area contributed by atoms with Crippen LogP contribution in [0.4, 0.5) is 5.82 Å². The number of carbonyl (C=O) groups excluding carboxylic acids is 1. The van der Waals surface area contributed by atoms with Crippen molar-refractivity contribution in [1.82, 2.24) is 15.1 Å². The van der Waals surface area contributed by atoms with Gasteiger partial charge in [0.05, 0.1) is 6.54 Å². The standard InChI is InChI=1S/C14H17ClN4O/c15-10-14(20)17-8-7-16-13-6-9-19(18-13)11-12-4-2-1-3-5-12/h1-6,9H,7-8,10-11H2,(H,16,18)(H,17,20). The Bertz CT molecular complexity index is 541. The first-order valence-corrected chi connectivity index (χ1v) is 6.95. The minimum absolute atomic E-state index is 0.00823. The average molecular weight is 293 g/mol. The Kier molecular flexibility index (Phi) is 5.43. The highest BCUT2D eigenvalue weighted by molar-refractivity contribution is 6.27. The van der Waals surface area contributed by atoms with E-state index in [1.165, 1.54) is 5.56 Å². The van der Waals surface area contributed by atoms with Gasteiger partial charge in [-0.3, -0.25) is 9.48 Å². The zero-order chi connectivity index (χ0) is 14.2. The smallest absolute Gasteiger partial charge is 0.234 e. The summed E-state index contributed by atoms with van der Waals surface area (Å²) < 4.78 is 1.87. The summed E-state index contributed by atoms with van der Waals surface area (Å²) in [5.74, 6) is 0.621. The Morgan fingerprint density at radius 2 is 2.00 bits per heavy atom. The lowest BCUT2D eigenvalue weighted by atomic mass is 10.2. The highest BCUT2D eigenvalue weighted by Gasteiger charge is 2.00. The number of hydrogen-bond donors (Lipinski definition) is 2. The molecule has 20 heavy (non-hydrogen) atoms. The number of alkyl halides is 1. The first-order chi connectivity index (χ1) is 9.78. The van der Waals surface area contributed by atoms with E-state index in [0.29, 0.717) is 13.1 Å². The molecule has 0 aliphatic rings. The Hall–Kier alpha value is -2.01. The molecular weight excluding hydrogens is 276 g/mol. The number of rotatable bonds is 7. The second kappa shape index (κ2) is 7.55. The van der Waals surface area contributed by atoms with Gasteiger partial charge < -0.3 is 10.6 Å². The summed E-state index contributed by atoms with van der Waals surface area (Å²) in [6.45, 7) is 1.88. The first kappa shape index (κ1) is 14.4. The molecule has 0 aliphatic carbocycles. The molecule has 0 unspecified atom stereocenters. The zero-order valence-corrected chi connectivity index (χ0v) is 11.8. The van der Waals surface area contributed by atoms with Crippen molar-refractivity contribution < 1.29 is 4.79 Å². The predicted molar refractivity (Wildman–Crippen MR) is 80.0 cm³/mol. The molecule has 0 bridgehead atoms. The van der Waals surface area contributed by atoms with Gasteiger partial charge in [-0.05, 0) is 5.56 Å². The molecule has 0 radical (unpaired) electrons. The number of amides is 1. The SMILES string of the molecule is O=C(CCl)NCCNc1ccn(Cc2ccccc2)n1. The normalized spacial score (nSPS) is 10.2. The molecule has 0 saturated heterocycles. The van der Waals surface area contributed by atoms with Crippen molar-refractivity contribution in [2.45, 2.75) is 6.54 Å². The van der Waals surface area contributed by atoms with Crippen LogP contribution in [0.1, 0.15) is 5.56 Å². The van der Waals surface area contributed by atoms with Gasteiger partial charge in [0.1, 0.15) is 11.7 Å². The van der Waals surface area contributed by atoms with E-state index in [-0.39, 0.29) is 11.8 Å². The van der Waals surface area contributed by atoms with E-state index in [1.54, 1.807) is 0 Å². The molecule has 0 saturated carbocycles. The molecule has 2 aromatic rings. The molecule has 1 heterocycles. The largest absolute Gasteiger partial charge is 0.367 e. The number of benzene rings is 1. The molecule has 0 spiro atoms. The van der Waals surface area contributed by atoms with Crippen LogP contribution in [0.3, 0.4) is 0 Å². The molecule has 6 heteroatoms. The third kappa shape index (κ3) is 4.59. The van der Waals surface area contributed by atoms with Crippen LogP contribution in [0.2, 0.25) is 0 Å². The quantitative estimate of drug-likeness (QED) is 0.603. The van der Waals surface area contributed by atoms with Gasteiger partial charge in [0.25, 0.3) is 0 Å². The van der Waals surface area contributed by atoms with Gasteiger partial charge >= 0.3 is 0 Å². The van der Waals surface area contributed by atoms with Crippen LogP contribution in [0.15, 0.2) is 42.6 Å². The minimum atomic E-state index is -0.164. The van der Waals surface area contributed by atoms with Gasteiger partial charge in [-0.1, -0.05) is 30.3 Å². The third-order valence-corrected chi connectivity index (χ3v) is 2.95. The number of halogens is 1. The lowest BCUT2D eigenvalue weighted by molar-refractivity contribution is -0.118. The summed E-state index contributed by atoms with van der Waals surface area (Å²) in [5.41, 5.74) is 1.21. The summed E-state index contributed by atoms with van der Waals surface area (Å²) in [5, 5.41) is 10.2. The highest BCUT2D eigenvalue weighted by Crippen LogP contribution is 2.05. The lowest BCUT2D eigenvalue weighted by Crippen LogP contribution is -2.29. The molecule has 0 fully saturated rings. The molecule has 2 rings (SSSR count). The highest BCUT2D eigenvalue weighted by atomic mass is 35.5. The topological polar surface area (TPSA) is 59.0 Å². The van der Waals surface area contributed by atoms with Gasteiger partial charge in [-0.2, -0.15) is 5.10 Å². The van der Waals surface area contributed by atoms with Gasteiger partial charge in [0.2, 0.25) is 5.91 Å². The van der Waals surface area contributed by atoms with Crippen molar-refractivity contribution in [2.24, 2.45) is 0 Å². The molecule has 1 aromatic heterocycles. The molecule has 0 aliphatic heterocycles. The van der Waals surface area contributed by atoms with Crippen molar-refractivity contribution in [2.75, 3.05) is 24.3 Å². The molecule has 0 atom stereocenters. The van der Waals surface area contributed by atoms with Crippen molar-refractivity contribution in [3.8, 4) is 0 Å². The van der Waals surface area contributed by atoms with Crippen LogP contribution >= 0.6 is 11.6 Å². The Morgan fingerprint density at radius 1 is 1.20 bits per heavy atom. The van der Waals surface area contributed by atoms with Crippen LogP contribution in [0.5, 0.6) is 0 Å². The second-order valence-electron chi connectivity index (χ2n) is 4.29. The summed E-state index contributed by atoms with van der Waals surface area (Å²) in [6.07, 6.45) is 1.92. The number of nitrogens with zero attached hydrogens (tertiary/aromatic N) is 2. The Morgan fingerprint density at radius 3 is 2.75 bits per heavy atom. The van der Waals surface area contributed by atoms with Crippen LogP contribution in [-0.2, 0) is 11.3 Å². The van der Waals surface area contributed by atoms with Gasteiger partial charge in [0, 0.05) is 25.4 Å². The average Bonchev–Trinajstić information content (AvgIpc) is 2.92. The van der Waals surface area contributed by atoms with E-state index in [0.717, 1.165) is 12.4 Å². The maximum Gasteiger partial charge on any atom is 0.234 e. The lowest BCUT2D eigenvalue weighted by Gasteiger charge is -2.04. The van der Waals surface area contributed by atoms with E-state index in [4.69, 9.17) is 11.6 Å². The van der Waals surface area contributed by atoms with Gasteiger partial charge in [-0.25, -0.2) is 0 Å². The summed E-state index contributed by atoms with van der Waals surface area (Å²) in [4.78, 5) is 10.9. The summed E-state index contributed by atoms with van der Waals surface area (Å²) in [7, 11) is 0. The second-order valence-corrected chi connectivity index (χ2v) is 4.56. The third-order valence-electron chi connectivity index (χ3n) is 2.70. The van der Waals surface area contributed by atoms with E-state index < -0.39 is 0 Å². The molecular formula is C14H17ClN4O. The number of carbonyl (C=O) groups is 1. The molecule has 106 valence electrons. The monoisotopic (exact) mass is 292 g/mol. The van der Waals surface area contributed by atoms with E-state index in [1.807, 2.05) is 35.1 Å². The van der Waals surface area contributed by atoms with Crippen LogP contribution in [-0.4, -0.2) is 34.7 Å². The molecule has 2 N–H and O–H groups in total. The fourth-order valence-corrected chi connectivity index (χ4v) is 1.85. The molecule has 1 aromatic carbocycles. The van der Waals surface area contributed by atoms with Crippen molar-refractivity contribution in [3.63, 3.8) is 0 Å². The predicted octanol–water partition coefficient (Wildman–Crippen LogP) is 1.70. The minimum Gasteiger partial charge on any atom is -0.367 e. The zero-order valence-electron chi connectivity index (χ0n) is 11.1. The van der Waals surface area contributed by atoms with Crippen LogP contribution in [0, 0.1) is 0 Å². The van der Waals surface area contributed by atoms with E-state index >= 15 is 0 Å². The van der Waals surface area contributed by atoms with Crippen molar-refractivity contribution in [3.05, 3.63) is 48.2 Å².